The third kappa shape index (κ3) is 3.62. The van der Waals surface area contributed by atoms with Crippen molar-refractivity contribution in [2.75, 3.05) is 18.8 Å². The molecule has 0 aromatic heterocycles. The number of piperidine rings is 1. The summed E-state index contributed by atoms with van der Waals surface area (Å²) in [6.07, 6.45) is 2.60. The van der Waals surface area contributed by atoms with Gasteiger partial charge in [-0.15, -0.1) is 0 Å². The molecule has 1 fully saturated rings. The number of nitrogen functional groups attached to an aromatic ring is 1. The van der Waals surface area contributed by atoms with Crippen molar-refractivity contribution in [1.82, 2.24) is 4.90 Å². The number of benzene rings is 1. The van der Waals surface area contributed by atoms with Gasteiger partial charge in [0.25, 0.3) is 0 Å². The monoisotopic (exact) mass is 252 g/mol. The Labute approximate surface area is 109 Å². The van der Waals surface area contributed by atoms with Gasteiger partial charge in [0.1, 0.15) is 0 Å². The molecule has 0 atom stereocenters. The second kappa shape index (κ2) is 4.87. The molecule has 1 heterocycles. The van der Waals surface area contributed by atoms with Crippen molar-refractivity contribution >= 4 is 17.3 Å². The molecule has 0 radical (unpaired) electrons. The number of nitrogens with zero attached hydrogens (tertiary/aromatic N) is 1. The van der Waals surface area contributed by atoms with Gasteiger partial charge in [-0.25, -0.2) is 0 Å². The smallest absolute Gasteiger partial charge is 0.0429 e. The summed E-state index contributed by atoms with van der Waals surface area (Å²) in [6, 6.07) is 5.83. The van der Waals surface area contributed by atoms with Gasteiger partial charge in [0.05, 0.1) is 0 Å². The van der Waals surface area contributed by atoms with E-state index in [2.05, 4.69) is 18.7 Å². The predicted octanol–water partition coefficient (Wildman–Crippen LogP) is 3.54. The number of anilines is 1. The first-order valence-electron chi connectivity index (χ1n) is 6.22. The number of rotatable bonds is 2. The summed E-state index contributed by atoms with van der Waals surface area (Å²) in [6.45, 7) is 7.96. The van der Waals surface area contributed by atoms with E-state index in [1.165, 1.54) is 24.9 Å². The average Bonchev–Trinajstić information content (AvgIpc) is 2.13. The minimum atomic E-state index is 0.433. The van der Waals surface area contributed by atoms with Crippen LogP contribution in [0.3, 0.4) is 0 Å². The van der Waals surface area contributed by atoms with E-state index in [9.17, 15) is 0 Å². The van der Waals surface area contributed by atoms with Crippen molar-refractivity contribution in [2.45, 2.75) is 33.2 Å². The minimum absolute atomic E-state index is 0.433. The lowest BCUT2D eigenvalue weighted by Gasteiger charge is -2.38. The summed E-state index contributed by atoms with van der Waals surface area (Å²) in [7, 11) is 0. The second-order valence-electron chi connectivity index (χ2n) is 5.87. The van der Waals surface area contributed by atoms with E-state index in [-0.39, 0.29) is 0 Å². The number of halogens is 1. The highest BCUT2D eigenvalue weighted by Crippen LogP contribution is 2.29. The van der Waals surface area contributed by atoms with Crippen LogP contribution in [0.25, 0.3) is 0 Å². The Morgan fingerprint density at radius 1 is 1.35 bits per heavy atom. The highest BCUT2D eigenvalue weighted by molar-refractivity contribution is 6.30. The molecule has 0 saturated carbocycles. The number of likely N-dealkylation sites (tertiary alicyclic amines) is 1. The maximum atomic E-state index is 6.03. The second-order valence-corrected chi connectivity index (χ2v) is 6.31. The summed E-state index contributed by atoms with van der Waals surface area (Å²) in [5.74, 6) is 0. The van der Waals surface area contributed by atoms with Crippen LogP contribution in [0.15, 0.2) is 18.2 Å². The first-order chi connectivity index (χ1) is 7.94. The third-order valence-electron chi connectivity index (χ3n) is 3.37. The first kappa shape index (κ1) is 12.7. The lowest BCUT2D eigenvalue weighted by Crippen LogP contribution is -2.39. The van der Waals surface area contributed by atoms with Crippen LogP contribution in [0.5, 0.6) is 0 Å². The largest absolute Gasteiger partial charge is 0.399 e. The molecule has 0 bridgehead atoms. The van der Waals surface area contributed by atoms with Crippen LogP contribution in [-0.4, -0.2) is 18.0 Å². The molecule has 1 saturated heterocycles. The topological polar surface area (TPSA) is 29.3 Å². The zero-order chi connectivity index (χ0) is 12.5. The fraction of sp³-hybridized carbons (Fsp3) is 0.571. The highest BCUT2D eigenvalue weighted by Gasteiger charge is 2.26. The van der Waals surface area contributed by atoms with Crippen molar-refractivity contribution in [1.29, 1.82) is 0 Å². The maximum absolute atomic E-state index is 6.03. The van der Waals surface area contributed by atoms with E-state index < -0.39 is 0 Å². The van der Waals surface area contributed by atoms with Crippen molar-refractivity contribution in [3.05, 3.63) is 28.8 Å². The third-order valence-corrected chi connectivity index (χ3v) is 3.58. The number of hydrogen-bond acceptors (Lipinski definition) is 2. The van der Waals surface area contributed by atoms with Crippen molar-refractivity contribution in [3.63, 3.8) is 0 Å². The van der Waals surface area contributed by atoms with Gasteiger partial charge in [-0.05, 0) is 48.6 Å². The quantitative estimate of drug-likeness (QED) is 0.816. The lowest BCUT2D eigenvalue weighted by atomic mass is 9.84. The van der Waals surface area contributed by atoms with E-state index in [0.717, 1.165) is 23.8 Å². The first-order valence-corrected chi connectivity index (χ1v) is 6.60. The molecule has 2 N–H and O–H groups in total. The average molecular weight is 253 g/mol. The molecule has 2 nitrogen and oxygen atoms in total. The van der Waals surface area contributed by atoms with E-state index in [1.807, 2.05) is 12.1 Å². The van der Waals surface area contributed by atoms with E-state index in [0.29, 0.717) is 5.41 Å². The van der Waals surface area contributed by atoms with Gasteiger partial charge in [-0.3, -0.25) is 4.90 Å². The Morgan fingerprint density at radius 3 is 2.76 bits per heavy atom. The molecule has 1 aromatic carbocycles. The van der Waals surface area contributed by atoms with Gasteiger partial charge < -0.3 is 5.73 Å². The standard InChI is InChI=1S/C14H21ClN2/c1-14(2)4-3-5-17(10-14)9-11-6-12(15)8-13(16)7-11/h6-8H,3-5,9-10,16H2,1-2H3. The summed E-state index contributed by atoms with van der Waals surface area (Å²) in [5.41, 5.74) is 8.22. The summed E-state index contributed by atoms with van der Waals surface area (Å²) in [5, 5.41) is 0.733. The van der Waals surface area contributed by atoms with Gasteiger partial charge in [0.2, 0.25) is 0 Å². The normalized spacial score (nSPS) is 20.4. The molecule has 1 aliphatic rings. The summed E-state index contributed by atoms with van der Waals surface area (Å²) >= 11 is 6.03. The fourth-order valence-corrected chi connectivity index (χ4v) is 2.97. The molecule has 3 heteroatoms. The van der Waals surface area contributed by atoms with Gasteiger partial charge in [-0.2, -0.15) is 0 Å². The summed E-state index contributed by atoms with van der Waals surface area (Å²) in [4.78, 5) is 2.49. The molecule has 1 aliphatic heterocycles. The Balaban J connectivity index is 2.05. The molecule has 17 heavy (non-hydrogen) atoms. The zero-order valence-electron chi connectivity index (χ0n) is 10.7. The van der Waals surface area contributed by atoms with Crippen LogP contribution in [0, 0.1) is 5.41 Å². The Hall–Kier alpha value is -0.730. The van der Waals surface area contributed by atoms with Crippen LogP contribution in [0.2, 0.25) is 5.02 Å². The predicted molar refractivity (Wildman–Crippen MR) is 74.2 cm³/mol. The van der Waals surface area contributed by atoms with Gasteiger partial charge in [-0.1, -0.05) is 25.4 Å². The molecule has 2 rings (SSSR count). The molecular formula is C14H21ClN2. The SMILES string of the molecule is CC1(C)CCCN(Cc2cc(N)cc(Cl)c2)C1. The highest BCUT2D eigenvalue weighted by atomic mass is 35.5. The number of hydrogen-bond donors (Lipinski definition) is 1. The van der Waals surface area contributed by atoms with E-state index >= 15 is 0 Å². The van der Waals surface area contributed by atoms with Crippen molar-refractivity contribution in [2.24, 2.45) is 5.41 Å². The molecule has 1 aromatic rings. The van der Waals surface area contributed by atoms with Crippen LogP contribution in [0.4, 0.5) is 5.69 Å². The molecule has 0 aliphatic carbocycles. The van der Waals surface area contributed by atoms with Crippen LogP contribution < -0.4 is 5.73 Å². The van der Waals surface area contributed by atoms with Crippen LogP contribution in [0.1, 0.15) is 32.3 Å². The van der Waals surface area contributed by atoms with Crippen molar-refractivity contribution < 1.29 is 0 Å². The van der Waals surface area contributed by atoms with Gasteiger partial charge in [0, 0.05) is 23.8 Å². The van der Waals surface area contributed by atoms with Crippen LogP contribution in [-0.2, 0) is 6.54 Å². The Morgan fingerprint density at radius 2 is 2.12 bits per heavy atom. The number of nitrogens with two attached hydrogens (primary N) is 1. The molecular weight excluding hydrogens is 232 g/mol. The van der Waals surface area contributed by atoms with Gasteiger partial charge in [0.15, 0.2) is 0 Å². The van der Waals surface area contributed by atoms with E-state index in [1.54, 1.807) is 6.07 Å². The fourth-order valence-electron chi connectivity index (χ4n) is 2.70. The van der Waals surface area contributed by atoms with Crippen molar-refractivity contribution in [3.8, 4) is 0 Å². The van der Waals surface area contributed by atoms with Crippen LogP contribution >= 0.6 is 11.6 Å². The molecule has 0 amide bonds. The lowest BCUT2D eigenvalue weighted by molar-refractivity contribution is 0.112. The maximum Gasteiger partial charge on any atom is 0.0429 e. The van der Waals surface area contributed by atoms with Gasteiger partial charge >= 0.3 is 0 Å². The molecule has 0 unspecified atom stereocenters. The molecule has 0 spiro atoms. The minimum Gasteiger partial charge on any atom is -0.399 e. The van der Waals surface area contributed by atoms with E-state index in [4.69, 9.17) is 17.3 Å². The molecule has 94 valence electrons. The Bertz CT molecular complexity index is 381. The Kier molecular flexibility index (Phi) is 3.64. The zero-order valence-corrected chi connectivity index (χ0v) is 11.4. The summed E-state index contributed by atoms with van der Waals surface area (Å²) < 4.78 is 0.